The predicted molar refractivity (Wildman–Crippen MR) is 74.1 cm³/mol. The Kier molecular flexibility index (Phi) is 4.80. The van der Waals surface area contributed by atoms with Crippen molar-refractivity contribution in [3.05, 3.63) is 22.8 Å². The smallest absolute Gasteiger partial charge is 0.128 e. The third kappa shape index (κ3) is 3.34. The van der Waals surface area contributed by atoms with Gasteiger partial charge in [-0.15, -0.1) is 0 Å². The first kappa shape index (κ1) is 13.6. The van der Waals surface area contributed by atoms with E-state index in [9.17, 15) is 0 Å². The summed E-state index contributed by atoms with van der Waals surface area (Å²) in [5, 5.41) is 9.68. The second-order valence-electron chi connectivity index (χ2n) is 4.73. The second-order valence-corrected chi connectivity index (χ2v) is 5.13. The van der Waals surface area contributed by atoms with Crippen molar-refractivity contribution in [2.75, 3.05) is 38.1 Å². The lowest BCUT2D eigenvalue weighted by Crippen LogP contribution is -2.31. The molecular weight excluding hydrogens is 250 g/mol. The zero-order valence-corrected chi connectivity index (χ0v) is 11.5. The fourth-order valence-corrected chi connectivity index (χ4v) is 2.37. The molecule has 0 unspecified atom stereocenters. The molecule has 1 aromatic heterocycles. The third-order valence-electron chi connectivity index (χ3n) is 3.40. The van der Waals surface area contributed by atoms with Crippen LogP contribution in [-0.2, 0) is 6.61 Å². The van der Waals surface area contributed by atoms with Gasteiger partial charge in [0.1, 0.15) is 5.82 Å². The maximum atomic E-state index is 9.15. The van der Waals surface area contributed by atoms with Crippen molar-refractivity contribution in [2.24, 2.45) is 0 Å². The van der Waals surface area contributed by atoms with Gasteiger partial charge in [-0.05, 0) is 38.1 Å². The highest BCUT2D eigenvalue weighted by Crippen LogP contribution is 2.18. The lowest BCUT2D eigenvalue weighted by atomic mass is 10.3. The first-order valence-electron chi connectivity index (χ1n) is 6.40. The summed E-state index contributed by atoms with van der Waals surface area (Å²) in [6, 6.07) is 3.69. The van der Waals surface area contributed by atoms with Gasteiger partial charge in [0.25, 0.3) is 0 Å². The molecule has 0 radical (unpaired) electrons. The van der Waals surface area contributed by atoms with Crippen molar-refractivity contribution in [3.8, 4) is 0 Å². The molecular formula is C13H20ClN3O. The van der Waals surface area contributed by atoms with E-state index in [1.54, 1.807) is 6.07 Å². The average Bonchev–Trinajstić information content (AvgIpc) is 2.89. The standard InChI is InChI=1S/C13H20ClN3O/c1-16(8-9-17-6-2-3-7-17)13-5-4-11(14)12(10-18)15-13/h4-5,18H,2-3,6-10H2,1H3. The van der Waals surface area contributed by atoms with Crippen molar-refractivity contribution < 1.29 is 5.11 Å². The molecule has 1 saturated heterocycles. The molecule has 100 valence electrons. The number of hydrogen-bond acceptors (Lipinski definition) is 4. The number of likely N-dealkylation sites (tertiary alicyclic amines) is 1. The van der Waals surface area contributed by atoms with E-state index in [1.807, 2.05) is 13.1 Å². The van der Waals surface area contributed by atoms with Crippen LogP contribution in [0.3, 0.4) is 0 Å². The van der Waals surface area contributed by atoms with E-state index in [-0.39, 0.29) is 6.61 Å². The van der Waals surface area contributed by atoms with Gasteiger partial charge in [-0.1, -0.05) is 11.6 Å². The molecule has 4 nitrogen and oxygen atoms in total. The SMILES string of the molecule is CN(CCN1CCCC1)c1ccc(Cl)c(CO)n1. The molecule has 1 N–H and O–H groups in total. The number of nitrogens with zero attached hydrogens (tertiary/aromatic N) is 3. The number of rotatable bonds is 5. The summed E-state index contributed by atoms with van der Waals surface area (Å²) in [6.07, 6.45) is 2.63. The number of aromatic nitrogens is 1. The van der Waals surface area contributed by atoms with E-state index in [0.29, 0.717) is 10.7 Å². The number of hydrogen-bond donors (Lipinski definition) is 1. The molecule has 2 heterocycles. The molecule has 1 aliphatic rings. The average molecular weight is 270 g/mol. The summed E-state index contributed by atoms with van der Waals surface area (Å²) < 4.78 is 0. The van der Waals surface area contributed by atoms with Gasteiger partial charge < -0.3 is 14.9 Å². The van der Waals surface area contributed by atoms with Crippen LogP contribution in [0.5, 0.6) is 0 Å². The molecule has 0 atom stereocenters. The van der Waals surface area contributed by atoms with E-state index < -0.39 is 0 Å². The quantitative estimate of drug-likeness (QED) is 0.884. The minimum Gasteiger partial charge on any atom is -0.390 e. The Balaban J connectivity index is 1.93. The molecule has 2 rings (SSSR count). The highest BCUT2D eigenvalue weighted by atomic mass is 35.5. The van der Waals surface area contributed by atoms with Gasteiger partial charge in [0.15, 0.2) is 0 Å². The lowest BCUT2D eigenvalue weighted by molar-refractivity contribution is 0.277. The van der Waals surface area contributed by atoms with Crippen LogP contribution in [0.25, 0.3) is 0 Å². The summed E-state index contributed by atoms with van der Waals surface area (Å²) in [5.41, 5.74) is 0.544. The Morgan fingerprint density at radius 3 is 2.78 bits per heavy atom. The van der Waals surface area contributed by atoms with Gasteiger partial charge >= 0.3 is 0 Å². The number of pyridine rings is 1. The van der Waals surface area contributed by atoms with Gasteiger partial charge in [-0.2, -0.15) is 0 Å². The van der Waals surface area contributed by atoms with Crippen LogP contribution in [-0.4, -0.2) is 48.2 Å². The summed E-state index contributed by atoms with van der Waals surface area (Å²) in [6.45, 7) is 4.31. The first-order chi connectivity index (χ1) is 8.70. The van der Waals surface area contributed by atoms with Crippen LogP contribution in [0, 0.1) is 0 Å². The number of likely N-dealkylation sites (N-methyl/N-ethyl adjacent to an activating group) is 1. The molecule has 0 saturated carbocycles. The van der Waals surface area contributed by atoms with Crippen LogP contribution in [0.1, 0.15) is 18.5 Å². The van der Waals surface area contributed by atoms with Crippen molar-refractivity contribution >= 4 is 17.4 Å². The van der Waals surface area contributed by atoms with E-state index >= 15 is 0 Å². The van der Waals surface area contributed by atoms with E-state index in [1.165, 1.54) is 25.9 Å². The number of aliphatic hydroxyl groups is 1. The van der Waals surface area contributed by atoms with Crippen LogP contribution >= 0.6 is 11.6 Å². The van der Waals surface area contributed by atoms with Crippen molar-refractivity contribution in [1.82, 2.24) is 9.88 Å². The molecule has 18 heavy (non-hydrogen) atoms. The van der Waals surface area contributed by atoms with Crippen molar-refractivity contribution in [2.45, 2.75) is 19.4 Å². The molecule has 5 heteroatoms. The zero-order valence-electron chi connectivity index (χ0n) is 10.8. The minimum absolute atomic E-state index is 0.118. The predicted octanol–water partition coefficient (Wildman–Crippen LogP) is 1.76. The molecule has 0 aromatic carbocycles. The number of aliphatic hydroxyl groups excluding tert-OH is 1. The topological polar surface area (TPSA) is 39.6 Å². The van der Waals surface area contributed by atoms with Crippen LogP contribution < -0.4 is 4.90 Å². The van der Waals surface area contributed by atoms with Gasteiger partial charge in [-0.25, -0.2) is 4.98 Å². The Morgan fingerprint density at radius 1 is 1.39 bits per heavy atom. The van der Waals surface area contributed by atoms with E-state index in [4.69, 9.17) is 16.7 Å². The van der Waals surface area contributed by atoms with Crippen LogP contribution in [0.15, 0.2) is 12.1 Å². The minimum atomic E-state index is -0.118. The normalized spacial score (nSPS) is 16.2. The number of anilines is 1. The summed E-state index contributed by atoms with van der Waals surface area (Å²) in [7, 11) is 2.02. The van der Waals surface area contributed by atoms with E-state index in [2.05, 4.69) is 14.8 Å². The summed E-state index contributed by atoms with van der Waals surface area (Å²) in [5.74, 6) is 0.864. The summed E-state index contributed by atoms with van der Waals surface area (Å²) >= 11 is 5.93. The molecule has 0 amide bonds. The third-order valence-corrected chi connectivity index (χ3v) is 3.74. The second kappa shape index (κ2) is 6.36. The largest absolute Gasteiger partial charge is 0.390 e. The monoisotopic (exact) mass is 269 g/mol. The lowest BCUT2D eigenvalue weighted by Gasteiger charge is -2.22. The molecule has 0 bridgehead atoms. The van der Waals surface area contributed by atoms with Crippen molar-refractivity contribution in [3.63, 3.8) is 0 Å². The maximum Gasteiger partial charge on any atom is 0.128 e. The van der Waals surface area contributed by atoms with Crippen molar-refractivity contribution in [1.29, 1.82) is 0 Å². The first-order valence-corrected chi connectivity index (χ1v) is 6.78. The molecule has 1 aromatic rings. The van der Waals surface area contributed by atoms with Crippen LogP contribution in [0.4, 0.5) is 5.82 Å². The molecule has 1 fully saturated rings. The Hall–Kier alpha value is -0.840. The zero-order chi connectivity index (χ0) is 13.0. The van der Waals surface area contributed by atoms with Crippen LogP contribution in [0.2, 0.25) is 5.02 Å². The van der Waals surface area contributed by atoms with Gasteiger partial charge in [0, 0.05) is 20.1 Å². The molecule has 0 aliphatic carbocycles. The van der Waals surface area contributed by atoms with Gasteiger partial charge in [0.2, 0.25) is 0 Å². The van der Waals surface area contributed by atoms with Gasteiger partial charge in [-0.3, -0.25) is 0 Å². The van der Waals surface area contributed by atoms with E-state index in [0.717, 1.165) is 18.9 Å². The maximum absolute atomic E-state index is 9.15. The Labute approximate surface area is 113 Å². The highest BCUT2D eigenvalue weighted by Gasteiger charge is 2.13. The highest BCUT2D eigenvalue weighted by molar-refractivity contribution is 6.31. The Bertz CT molecular complexity index is 394. The Morgan fingerprint density at radius 2 is 2.11 bits per heavy atom. The molecule has 0 spiro atoms. The number of halogens is 1. The summed E-state index contributed by atoms with van der Waals surface area (Å²) in [4.78, 5) is 8.94. The fraction of sp³-hybridized carbons (Fsp3) is 0.615. The fourth-order valence-electron chi connectivity index (χ4n) is 2.21. The molecule has 1 aliphatic heterocycles. The van der Waals surface area contributed by atoms with Gasteiger partial charge in [0.05, 0.1) is 17.3 Å².